The predicted molar refractivity (Wildman–Crippen MR) is 75.3 cm³/mol. The number of ether oxygens (including phenoxy) is 1. The highest BCUT2D eigenvalue weighted by Gasteiger charge is 2.29. The Morgan fingerprint density at radius 2 is 2.26 bits per heavy atom. The van der Waals surface area contributed by atoms with Crippen LogP contribution in [0.15, 0.2) is 18.2 Å². The molecule has 2 N–H and O–H groups in total. The van der Waals surface area contributed by atoms with Gasteiger partial charge in [0.15, 0.2) is 0 Å². The maximum absolute atomic E-state index is 9.86. The Kier molecular flexibility index (Phi) is 3.76. The highest BCUT2D eigenvalue weighted by Crippen LogP contribution is 2.36. The average Bonchev–Trinajstić information content (AvgIpc) is 3.03. The van der Waals surface area contributed by atoms with Gasteiger partial charge in [-0.2, -0.15) is 0 Å². The highest BCUT2D eigenvalue weighted by molar-refractivity contribution is 5.44. The molecule has 1 aliphatic carbocycles. The van der Waals surface area contributed by atoms with Crippen LogP contribution in [0.25, 0.3) is 0 Å². The second kappa shape index (κ2) is 5.51. The standard InChI is InChI=1S/C16H23NO2/c1-2-16-11(8-9-19-16)10-17-14-7-6-13-12(14)4-3-5-15(13)18/h3-5,11,14,16-18H,2,6-10H2,1H3. The summed E-state index contributed by atoms with van der Waals surface area (Å²) in [5.74, 6) is 1.10. The zero-order valence-corrected chi connectivity index (χ0v) is 11.6. The molecule has 0 radical (unpaired) electrons. The Balaban J connectivity index is 1.62. The van der Waals surface area contributed by atoms with Gasteiger partial charge in [0.05, 0.1) is 6.10 Å². The van der Waals surface area contributed by atoms with Crippen LogP contribution in [0.5, 0.6) is 5.75 Å². The minimum absolute atomic E-state index is 0.403. The summed E-state index contributed by atoms with van der Waals surface area (Å²) in [5.41, 5.74) is 2.42. The fraction of sp³-hybridized carbons (Fsp3) is 0.625. The van der Waals surface area contributed by atoms with Gasteiger partial charge < -0.3 is 15.2 Å². The molecule has 0 spiro atoms. The highest BCUT2D eigenvalue weighted by atomic mass is 16.5. The van der Waals surface area contributed by atoms with Crippen molar-refractivity contribution < 1.29 is 9.84 Å². The zero-order chi connectivity index (χ0) is 13.2. The van der Waals surface area contributed by atoms with Gasteiger partial charge >= 0.3 is 0 Å². The molecule has 0 amide bonds. The quantitative estimate of drug-likeness (QED) is 0.875. The van der Waals surface area contributed by atoms with E-state index in [2.05, 4.69) is 18.3 Å². The zero-order valence-electron chi connectivity index (χ0n) is 11.6. The predicted octanol–water partition coefficient (Wildman–Crippen LogP) is 2.78. The topological polar surface area (TPSA) is 41.5 Å². The Labute approximate surface area is 115 Å². The molecule has 1 fully saturated rings. The second-order valence-electron chi connectivity index (χ2n) is 5.71. The molecule has 104 valence electrons. The van der Waals surface area contributed by atoms with E-state index in [1.807, 2.05) is 6.07 Å². The van der Waals surface area contributed by atoms with Crippen molar-refractivity contribution in [2.45, 2.75) is 44.8 Å². The van der Waals surface area contributed by atoms with Gasteiger partial charge in [0.2, 0.25) is 0 Å². The van der Waals surface area contributed by atoms with E-state index in [-0.39, 0.29) is 0 Å². The summed E-state index contributed by atoms with van der Waals surface area (Å²) < 4.78 is 5.74. The van der Waals surface area contributed by atoms with Gasteiger partial charge in [0.1, 0.15) is 5.75 Å². The average molecular weight is 261 g/mol. The molecular weight excluding hydrogens is 238 g/mol. The van der Waals surface area contributed by atoms with E-state index in [4.69, 9.17) is 4.74 Å². The van der Waals surface area contributed by atoms with Crippen LogP contribution < -0.4 is 5.32 Å². The minimum Gasteiger partial charge on any atom is -0.508 e. The lowest BCUT2D eigenvalue weighted by Crippen LogP contribution is -2.30. The first-order valence-corrected chi connectivity index (χ1v) is 7.45. The van der Waals surface area contributed by atoms with Crippen LogP contribution in [0, 0.1) is 5.92 Å². The summed E-state index contributed by atoms with van der Waals surface area (Å²) >= 11 is 0. The van der Waals surface area contributed by atoms with Crippen LogP contribution in [0.1, 0.15) is 43.4 Å². The number of phenolic OH excluding ortho intramolecular Hbond substituents is 1. The number of fused-ring (bicyclic) bond motifs is 1. The van der Waals surface area contributed by atoms with Gasteiger partial charge in [0.25, 0.3) is 0 Å². The maximum atomic E-state index is 9.86. The van der Waals surface area contributed by atoms with Crippen LogP contribution in [0.3, 0.4) is 0 Å². The molecule has 3 nitrogen and oxygen atoms in total. The van der Waals surface area contributed by atoms with Crippen molar-refractivity contribution in [1.29, 1.82) is 0 Å². The Morgan fingerprint density at radius 3 is 3.11 bits per heavy atom. The number of benzene rings is 1. The lowest BCUT2D eigenvalue weighted by molar-refractivity contribution is 0.0866. The molecule has 1 saturated heterocycles. The number of aromatic hydroxyl groups is 1. The molecule has 2 aliphatic rings. The maximum Gasteiger partial charge on any atom is 0.119 e. The second-order valence-corrected chi connectivity index (χ2v) is 5.71. The first kappa shape index (κ1) is 12.9. The third-order valence-corrected chi connectivity index (χ3v) is 4.62. The van der Waals surface area contributed by atoms with Gasteiger partial charge in [0, 0.05) is 19.2 Å². The van der Waals surface area contributed by atoms with E-state index in [1.165, 1.54) is 12.0 Å². The number of phenols is 1. The molecular formula is C16H23NO2. The van der Waals surface area contributed by atoms with Crippen molar-refractivity contribution in [3.05, 3.63) is 29.3 Å². The van der Waals surface area contributed by atoms with Crippen LogP contribution in [-0.2, 0) is 11.2 Å². The fourth-order valence-corrected chi connectivity index (χ4v) is 3.52. The summed E-state index contributed by atoms with van der Waals surface area (Å²) in [6.07, 6.45) is 4.78. The number of rotatable bonds is 4. The molecule has 1 aromatic carbocycles. The SMILES string of the molecule is CCC1OCCC1CNC1CCc2c(O)cccc21. The fourth-order valence-electron chi connectivity index (χ4n) is 3.52. The number of hydrogen-bond donors (Lipinski definition) is 2. The van der Waals surface area contributed by atoms with Crippen molar-refractivity contribution in [3.63, 3.8) is 0 Å². The first-order chi connectivity index (χ1) is 9.29. The lowest BCUT2D eigenvalue weighted by atomic mass is 9.98. The van der Waals surface area contributed by atoms with Gasteiger partial charge in [-0.25, -0.2) is 0 Å². The lowest BCUT2D eigenvalue weighted by Gasteiger charge is -2.21. The van der Waals surface area contributed by atoms with Crippen molar-refractivity contribution in [1.82, 2.24) is 5.32 Å². The van der Waals surface area contributed by atoms with E-state index >= 15 is 0 Å². The minimum atomic E-state index is 0.403. The third-order valence-electron chi connectivity index (χ3n) is 4.62. The summed E-state index contributed by atoms with van der Waals surface area (Å²) in [7, 11) is 0. The molecule has 0 saturated carbocycles. The molecule has 3 unspecified atom stereocenters. The van der Waals surface area contributed by atoms with E-state index in [0.717, 1.165) is 38.0 Å². The monoisotopic (exact) mass is 261 g/mol. The molecule has 0 aromatic heterocycles. The molecule has 1 aromatic rings. The number of hydrogen-bond acceptors (Lipinski definition) is 3. The molecule has 0 bridgehead atoms. The molecule has 3 heteroatoms. The van der Waals surface area contributed by atoms with Gasteiger partial charge in [-0.1, -0.05) is 19.1 Å². The van der Waals surface area contributed by atoms with Gasteiger partial charge in [-0.05, 0) is 48.8 Å². The van der Waals surface area contributed by atoms with Crippen LogP contribution >= 0.6 is 0 Å². The molecule has 19 heavy (non-hydrogen) atoms. The number of nitrogens with one attached hydrogen (secondary N) is 1. The Hall–Kier alpha value is -1.06. The molecule has 3 rings (SSSR count). The van der Waals surface area contributed by atoms with E-state index in [0.29, 0.717) is 23.8 Å². The van der Waals surface area contributed by atoms with Gasteiger partial charge in [-0.15, -0.1) is 0 Å². The Morgan fingerprint density at radius 1 is 1.37 bits per heavy atom. The molecule has 3 atom stereocenters. The van der Waals surface area contributed by atoms with E-state index in [1.54, 1.807) is 6.07 Å². The largest absolute Gasteiger partial charge is 0.508 e. The molecule has 1 aliphatic heterocycles. The summed E-state index contributed by atoms with van der Waals surface area (Å²) in [5, 5.41) is 13.5. The third kappa shape index (κ3) is 2.49. The summed E-state index contributed by atoms with van der Waals surface area (Å²) in [6, 6.07) is 6.28. The smallest absolute Gasteiger partial charge is 0.119 e. The van der Waals surface area contributed by atoms with Crippen molar-refractivity contribution in [2.75, 3.05) is 13.2 Å². The van der Waals surface area contributed by atoms with Crippen LogP contribution in [0.2, 0.25) is 0 Å². The van der Waals surface area contributed by atoms with Gasteiger partial charge in [-0.3, -0.25) is 0 Å². The van der Waals surface area contributed by atoms with Crippen molar-refractivity contribution >= 4 is 0 Å². The first-order valence-electron chi connectivity index (χ1n) is 7.45. The summed E-state index contributed by atoms with van der Waals surface area (Å²) in [4.78, 5) is 0. The Bertz CT molecular complexity index is 446. The van der Waals surface area contributed by atoms with E-state index < -0.39 is 0 Å². The van der Waals surface area contributed by atoms with E-state index in [9.17, 15) is 5.11 Å². The molecule has 1 heterocycles. The van der Waals surface area contributed by atoms with Crippen molar-refractivity contribution in [3.8, 4) is 5.75 Å². The van der Waals surface area contributed by atoms with Crippen LogP contribution in [-0.4, -0.2) is 24.4 Å². The normalized spacial score (nSPS) is 29.6. The summed E-state index contributed by atoms with van der Waals surface area (Å²) in [6.45, 7) is 4.14. The van der Waals surface area contributed by atoms with Crippen molar-refractivity contribution in [2.24, 2.45) is 5.92 Å². The van der Waals surface area contributed by atoms with Crippen LogP contribution in [0.4, 0.5) is 0 Å².